The Hall–Kier alpha value is -3.36. The van der Waals surface area contributed by atoms with E-state index in [1.54, 1.807) is 28.6 Å². The molecular weight excluding hydrogens is 472 g/mol. The van der Waals surface area contributed by atoms with E-state index in [1.807, 2.05) is 55.5 Å². The summed E-state index contributed by atoms with van der Waals surface area (Å²) in [4.78, 5) is 19.1. The molecule has 34 heavy (non-hydrogen) atoms. The van der Waals surface area contributed by atoms with Crippen molar-refractivity contribution >= 4 is 35.0 Å². The first-order valence-corrected chi connectivity index (χ1v) is 12.3. The van der Waals surface area contributed by atoms with E-state index in [4.69, 9.17) is 16.0 Å². The van der Waals surface area contributed by atoms with E-state index in [2.05, 4.69) is 10.1 Å². The van der Waals surface area contributed by atoms with Crippen LogP contribution < -0.4 is 14.7 Å². The molecule has 0 saturated carbocycles. The Kier molecular flexibility index (Phi) is 6.02. The molecule has 2 aromatic heterocycles. The van der Waals surface area contributed by atoms with Gasteiger partial charge in [0, 0.05) is 22.1 Å². The Labute approximate surface area is 206 Å². The zero-order chi connectivity index (χ0) is 23.8. The van der Waals surface area contributed by atoms with Crippen LogP contribution in [0.2, 0.25) is 5.02 Å². The van der Waals surface area contributed by atoms with Crippen molar-refractivity contribution in [2.45, 2.75) is 31.6 Å². The molecule has 9 heteroatoms. The number of rotatable bonds is 5. The van der Waals surface area contributed by atoms with Gasteiger partial charge in [-0.05, 0) is 59.0 Å². The van der Waals surface area contributed by atoms with Gasteiger partial charge in [0.05, 0.1) is 17.1 Å². The Balaban J connectivity index is 1.73. The summed E-state index contributed by atoms with van der Waals surface area (Å²) in [6, 6.07) is 18.3. The van der Waals surface area contributed by atoms with Gasteiger partial charge in [-0.15, -0.1) is 0 Å². The number of para-hydroxylation sites is 1. The Morgan fingerprint density at radius 3 is 2.65 bits per heavy atom. The van der Waals surface area contributed by atoms with E-state index in [9.17, 15) is 9.90 Å². The van der Waals surface area contributed by atoms with Crippen LogP contribution in [0.25, 0.3) is 22.6 Å². The average molecular weight is 493 g/mol. The van der Waals surface area contributed by atoms with Crippen molar-refractivity contribution in [3.05, 3.63) is 71.4 Å². The summed E-state index contributed by atoms with van der Waals surface area (Å²) in [6.45, 7) is 3.77. The number of carbonyl (C=O) groups excluding carboxylic acids is 1. The van der Waals surface area contributed by atoms with Crippen LogP contribution >= 0.6 is 23.4 Å². The molecule has 1 aliphatic rings. The van der Waals surface area contributed by atoms with E-state index in [-0.39, 0.29) is 12.3 Å². The van der Waals surface area contributed by atoms with Gasteiger partial charge >= 0.3 is 6.17 Å². The largest absolute Gasteiger partial charge is 0.854 e. The molecule has 0 N–H and O–H groups in total. The normalized spacial score (nSPS) is 14.6. The first kappa shape index (κ1) is 22.4. The minimum absolute atomic E-state index is 0.115. The van der Waals surface area contributed by atoms with Crippen LogP contribution in [0.15, 0.2) is 70.2 Å². The first-order valence-electron chi connectivity index (χ1n) is 10.9. The van der Waals surface area contributed by atoms with E-state index >= 15 is 0 Å². The van der Waals surface area contributed by atoms with E-state index in [1.165, 1.54) is 11.8 Å². The minimum Gasteiger partial charge on any atom is -0.854 e. The summed E-state index contributed by atoms with van der Waals surface area (Å²) in [5.41, 5.74) is 2.41. The maximum atomic E-state index is 13.3. The van der Waals surface area contributed by atoms with Crippen molar-refractivity contribution in [3.63, 3.8) is 0 Å². The van der Waals surface area contributed by atoms with Crippen LogP contribution in [0.1, 0.15) is 32.2 Å². The molecule has 4 aromatic rings. The fraction of sp³-hybridized carbons (Fsp3) is 0.200. The molecule has 0 spiro atoms. The van der Waals surface area contributed by atoms with Gasteiger partial charge in [-0.1, -0.05) is 49.3 Å². The molecule has 7 nitrogen and oxygen atoms in total. The number of thioether (sulfide) groups is 1. The number of hydrogen-bond donors (Lipinski definition) is 0. The molecule has 1 atom stereocenters. The van der Waals surface area contributed by atoms with Gasteiger partial charge < -0.3 is 9.52 Å². The monoisotopic (exact) mass is 492 g/mol. The van der Waals surface area contributed by atoms with Gasteiger partial charge in [-0.2, -0.15) is 0 Å². The average Bonchev–Trinajstić information content (AvgIpc) is 3.33. The number of halogens is 1. The van der Waals surface area contributed by atoms with Gasteiger partial charge in [0.1, 0.15) is 5.76 Å². The number of hydrogen-bond acceptors (Lipinski definition) is 6. The summed E-state index contributed by atoms with van der Waals surface area (Å²) in [5, 5.41) is 18.8. The zero-order valence-electron chi connectivity index (χ0n) is 18.6. The van der Waals surface area contributed by atoms with Crippen molar-refractivity contribution in [1.29, 1.82) is 0 Å². The standard InChI is InChI=1S/C25H21ClN4O3S/c1-3-21(31)29-18-8-6-5-7-17(18)22-23(32)27-25(34-4-2)28-30(22)24(29)20-14-13-19(33-20)15-9-11-16(26)12-10-15/h5-14,24H,3-4H2,1-2H3. The van der Waals surface area contributed by atoms with Crippen molar-refractivity contribution in [2.24, 2.45) is 0 Å². The SMILES string of the molecule is CCSc1nc([O-])c2[n+](n1)C(c1ccc(-c3ccc(Cl)cc3)o1)N(C(=O)CC)c1ccccc1-2. The van der Waals surface area contributed by atoms with Crippen LogP contribution in [-0.4, -0.2) is 21.7 Å². The maximum Gasteiger partial charge on any atom is 0.325 e. The Morgan fingerprint density at radius 2 is 1.91 bits per heavy atom. The molecule has 1 amide bonds. The number of benzene rings is 2. The Morgan fingerprint density at radius 1 is 1.15 bits per heavy atom. The molecule has 5 rings (SSSR count). The summed E-state index contributed by atoms with van der Waals surface area (Å²) in [7, 11) is 0. The molecule has 3 heterocycles. The second kappa shape index (κ2) is 9.12. The fourth-order valence-electron chi connectivity index (χ4n) is 4.08. The van der Waals surface area contributed by atoms with Crippen molar-refractivity contribution < 1.29 is 19.0 Å². The van der Waals surface area contributed by atoms with Gasteiger partial charge in [0.15, 0.2) is 5.76 Å². The van der Waals surface area contributed by atoms with E-state index in [0.717, 1.165) is 5.56 Å². The predicted molar refractivity (Wildman–Crippen MR) is 129 cm³/mol. The molecule has 2 aromatic carbocycles. The minimum atomic E-state index is -0.773. The first-order chi connectivity index (χ1) is 16.5. The smallest absolute Gasteiger partial charge is 0.325 e. The van der Waals surface area contributed by atoms with Crippen LogP contribution in [-0.2, 0) is 4.79 Å². The molecule has 1 unspecified atom stereocenters. The molecule has 0 saturated heterocycles. The summed E-state index contributed by atoms with van der Waals surface area (Å²) in [6.07, 6.45) is -0.498. The van der Waals surface area contributed by atoms with Gasteiger partial charge in [-0.25, -0.2) is 9.88 Å². The van der Waals surface area contributed by atoms with Gasteiger partial charge in [0.2, 0.25) is 5.91 Å². The second-order valence-electron chi connectivity index (χ2n) is 7.64. The van der Waals surface area contributed by atoms with Crippen LogP contribution in [0.4, 0.5) is 5.69 Å². The third kappa shape index (κ3) is 3.82. The number of fused-ring (bicyclic) bond motifs is 3. The highest BCUT2D eigenvalue weighted by Gasteiger charge is 2.46. The molecule has 0 fully saturated rings. The number of carbonyl (C=O) groups is 1. The van der Waals surface area contributed by atoms with Crippen molar-refractivity contribution in [3.8, 4) is 28.5 Å². The van der Waals surface area contributed by atoms with Crippen LogP contribution in [0.5, 0.6) is 5.88 Å². The highest BCUT2D eigenvalue weighted by Crippen LogP contribution is 2.42. The summed E-state index contributed by atoms with van der Waals surface area (Å²) < 4.78 is 7.84. The lowest BCUT2D eigenvalue weighted by Gasteiger charge is -2.32. The van der Waals surface area contributed by atoms with E-state index < -0.39 is 12.0 Å². The summed E-state index contributed by atoms with van der Waals surface area (Å²) in [5.74, 6) is 1.31. The lowest BCUT2D eigenvalue weighted by Crippen LogP contribution is -2.59. The fourth-order valence-corrected chi connectivity index (χ4v) is 4.76. The molecule has 1 aliphatic heterocycles. The quantitative estimate of drug-likeness (QED) is 0.293. The summed E-state index contributed by atoms with van der Waals surface area (Å²) >= 11 is 7.40. The highest BCUT2D eigenvalue weighted by molar-refractivity contribution is 7.99. The Bertz CT molecular complexity index is 1370. The number of anilines is 1. The third-order valence-corrected chi connectivity index (χ3v) is 6.54. The van der Waals surface area contributed by atoms with Crippen LogP contribution in [0, 0.1) is 0 Å². The number of furan rings is 1. The second-order valence-corrected chi connectivity index (χ2v) is 9.31. The predicted octanol–water partition coefficient (Wildman–Crippen LogP) is 4.83. The van der Waals surface area contributed by atoms with Crippen molar-refractivity contribution in [1.82, 2.24) is 10.1 Å². The number of aromatic nitrogens is 3. The molecule has 0 bridgehead atoms. The molecule has 0 radical (unpaired) electrons. The maximum absolute atomic E-state index is 13.3. The topological polar surface area (TPSA) is 86.2 Å². The van der Waals surface area contributed by atoms with Gasteiger partial charge in [0.25, 0.3) is 10.9 Å². The van der Waals surface area contributed by atoms with Crippen LogP contribution in [0.3, 0.4) is 0 Å². The van der Waals surface area contributed by atoms with E-state index in [0.29, 0.717) is 44.4 Å². The lowest BCUT2D eigenvalue weighted by atomic mass is 10.0. The lowest BCUT2D eigenvalue weighted by molar-refractivity contribution is -0.765. The molecule has 0 aliphatic carbocycles. The highest BCUT2D eigenvalue weighted by atomic mass is 35.5. The molecular formula is C25H21ClN4O3S. The van der Waals surface area contributed by atoms with Gasteiger partial charge in [-0.3, -0.25) is 4.79 Å². The number of nitrogens with zero attached hydrogens (tertiary/aromatic N) is 4. The third-order valence-electron chi connectivity index (χ3n) is 5.57. The van der Waals surface area contributed by atoms with Crippen molar-refractivity contribution in [2.75, 3.05) is 10.7 Å². The number of amides is 1. The molecule has 172 valence electrons. The zero-order valence-corrected chi connectivity index (χ0v) is 20.1.